The van der Waals surface area contributed by atoms with Crippen LogP contribution in [0.3, 0.4) is 0 Å². The van der Waals surface area contributed by atoms with E-state index in [1.54, 1.807) is 6.07 Å². The lowest BCUT2D eigenvalue weighted by Crippen LogP contribution is -2.18. The molecule has 22 heavy (non-hydrogen) atoms. The Morgan fingerprint density at radius 2 is 1.86 bits per heavy atom. The van der Waals surface area contributed by atoms with E-state index in [0.717, 1.165) is 10.0 Å². The minimum absolute atomic E-state index is 0.269. The summed E-state index contributed by atoms with van der Waals surface area (Å²) in [7, 11) is 0. The molecule has 2 nitrogen and oxygen atoms in total. The number of benzene rings is 2. The summed E-state index contributed by atoms with van der Waals surface area (Å²) >= 11 is 3.45. The maximum absolute atomic E-state index is 9.92. The first-order valence-electron chi connectivity index (χ1n) is 7.96. The molecule has 0 saturated heterocycles. The van der Waals surface area contributed by atoms with Gasteiger partial charge in [0.25, 0.3) is 0 Å². The van der Waals surface area contributed by atoms with E-state index in [1.807, 2.05) is 12.1 Å². The number of phenols is 1. The van der Waals surface area contributed by atoms with E-state index in [9.17, 15) is 5.11 Å². The van der Waals surface area contributed by atoms with Gasteiger partial charge in [0.1, 0.15) is 5.75 Å². The molecule has 116 valence electrons. The molecule has 0 aliphatic heterocycles. The lowest BCUT2D eigenvalue weighted by atomic mass is 9.89. The fourth-order valence-electron chi connectivity index (χ4n) is 3.10. The molecule has 2 aromatic rings. The summed E-state index contributed by atoms with van der Waals surface area (Å²) in [6, 6.07) is 12.7. The predicted octanol–water partition coefficient (Wildman–Crippen LogP) is 4.88. The third-order valence-electron chi connectivity index (χ3n) is 4.51. The summed E-state index contributed by atoms with van der Waals surface area (Å²) in [6.45, 7) is 2.84. The standard InChI is InChI=1S/C19H22BrNO/c1-13(21-12-17-11-18(20)8-9-19(17)22)15-7-6-14-4-2-3-5-16(14)10-15/h6-11,13,21-22H,2-5,12H2,1H3. The molecule has 0 saturated carbocycles. The number of phenolic OH excluding ortho intramolecular Hbond substituents is 1. The molecule has 1 atom stereocenters. The van der Waals surface area contributed by atoms with E-state index in [4.69, 9.17) is 0 Å². The molecule has 0 amide bonds. The summed E-state index contributed by atoms with van der Waals surface area (Å²) in [6.07, 6.45) is 5.07. The summed E-state index contributed by atoms with van der Waals surface area (Å²) < 4.78 is 0.989. The second kappa shape index (κ2) is 6.84. The lowest BCUT2D eigenvalue weighted by molar-refractivity contribution is 0.460. The number of rotatable bonds is 4. The second-order valence-corrected chi connectivity index (χ2v) is 7.03. The Kier molecular flexibility index (Phi) is 4.84. The molecule has 0 heterocycles. The van der Waals surface area contributed by atoms with E-state index in [2.05, 4.69) is 46.4 Å². The van der Waals surface area contributed by atoms with Crippen LogP contribution >= 0.6 is 15.9 Å². The number of aryl methyl sites for hydroxylation is 2. The molecule has 0 spiro atoms. The largest absolute Gasteiger partial charge is 0.508 e. The second-order valence-electron chi connectivity index (χ2n) is 6.11. The summed E-state index contributed by atoms with van der Waals surface area (Å²) in [5.74, 6) is 0.341. The average Bonchev–Trinajstić information content (AvgIpc) is 2.55. The Morgan fingerprint density at radius 1 is 1.09 bits per heavy atom. The van der Waals surface area contributed by atoms with Gasteiger partial charge in [0.2, 0.25) is 0 Å². The number of nitrogens with one attached hydrogen (secondary N) is 1. The normalized spacial score (nSPS) is 15.4. The van der Waals surface area contributed by atoms with Gasteiger partial charge >= 0.3 is 0 Å². The zero-order valence-electron chi connectivity index (χ0n) is 12.9. The first kappa shape index (κ1) is 15.6. The SMILES string of the molecule is CC(NCc1cc(Br)ccc1O)c1ccc2c(c1)CCCC2. The van der Waals surface area contributed by atoms with Crippen molar-refractivity contribution >= 4 is 15.9 Å². The zero-order valence-corrected chi connectivity index (χ0v) is 14.5. The quantitative estimate of drug-likeness (QED) is 0.814. The van der Waals surface area contributed by atoms with E-state index in [0.29, 0.717) is 12.3 Å². The van der Waals surface area contributed by atoms with E-state index in [-0.39, 0.29) is 6.04 Å². The Hall–Kier alpha value is -1.32. The van der Waals surface area contributed by atoms with Crippen molar-refractivity contribution in [1.82, 2.24) is 5.32 Å². The molecule has 3 heteroatoms. The number of hydrogen-bond acceptors (Lipinski definition) is 2. The molecule has 1 aliphatic carbocycles. The fraction of sp³-hybridized carbons (Fsp3) is 0.368. The molecule has 0 fully saturated rings. The van der Waals surface area contributed by atoms with Gasteiger partial charge in [-0.15, -0.1) is 0 Å². The van der Waals surface area contributed by atoms with Crippen molar-refractivity contribution < 1.29 is 5.11 Å². The number of fused-ring (bicyclic) bond motifs is 1. The van der Waals surface area contributed by atoms with Crippen LogP contribution in [0.25, 0.3) is 0 Å². The minimum atomic E-state index is 0.269. The van der Waals surface area contributed by atoms with Crippen molar-refractivity contribution in [3.8, 4) is 5.75 Å². The van der Waals surface area contributed by atoms with Gasteiger partial charge in [0, 0.05) is 22.6 Å². The van der Waals surface area contributed by atoms with E-state index >= 15 is 0 Å². The van der Waals surface area contributed by atoms with Gasteiger partial charge in [-0.2, -0.15) is 0 Å². The van der Waals surface area contributed by atoms with E-state index in [1.165, 1.54) is 42.4 Å². The average molecular weight is 360 g/mol. The van der Waals surface area contributed by atoms with Crippen LogP contribution in [0.2, 0.25) is 0 Å². The van der Waals surface area contributed by atoms with E-state index < -0.39 is 0 Å². The van der Waals surface area contributed by atoms with Gasteiger partial charge in [-0.25, -0.2) is 0 Å². The predicted molar refractivity (Wildman–Crippen MR) is 94.1 cm³/mol. The first-order valence-corrected chi connectivity index (χ1v) is 8.75. The maximum Gasteiger partial charge on any atom is 0.120 e. The number of hydrogen-bond donors (Lipinski definition) is 2. The minimum Gasteiger partial charge on any atom is -0.508 e. The molecule has 3 rings (SSSR count). The van der Waals surface area contributed by atoms with Crippen LogP contribution in [-0.2, 0) is 19.4 Å². The van der Waals surface area contributed by atoms with Gasteiger partial charge in [-0.1, -0.05) is 34.1 Å². The molecular formula is C19H22BrNO. The maximum atomic E-state index is 9.92. The van der Waals surface area contributed by atoms with Crippen LogP contribution < -0.4 is 5.32 Å². The van der Waals surface area contributed by atoms with Crippen LogP contribution in [0, 0.1) is 0 Å². The highest BCUT2D eigenvalue weighted by Crippen LogP contribution is 2.26. The smallest absolute Gasteiger partial charge is 0.120 e. The Balaban J connectivity index is 1.69. The lowest BCUT2D eigenvalue weighted by Gasteiger charge is -2.20. The van der Waals surface area contributed by atoms with Gasteiger partial charge in [0.15, 0.2) is 0 Å². The monoisotopic (exact) mass is 359 g/mol. The summed E-state index contributed by atoms with van der Waals surface area (Å²) in [5, 5.41) is 13.4. The molecule has 2 N–H and O–H groups in total. The van der Waals surface area contributed by atoms with Crippen LogP contribution in [0.4, 0.5) is 0 Å². The van der Waals surface area contributed by atoms with Crippen molar-refractivity contribution in [2.75, 3.05) is 0 Å². The van der Waals surface area contributed by atoms with Crippen molar-refractivity contribution in [3.05, 3.63) is 63.1 Å². The van der Waals surface area contributed by atoms with Crippen LogP contribution in [0.1, 0.15) is 48.1 Å². The Bertz CT molecular complexity index is 668. The highest BCUT2D eigenvalue weighted by Gasteiger charge is 2.12. The molecular weight excluding hydrogens is 338 g/mol. The zero-order chi connectivity index (χ0) is 15.5. The van der Waals surface area contributed by atoms with Crippen LogP contribution in [-0.4, -0.2) is 5.11 Å². The summed E-state index contributed by atoms with van der Waals surface area (Å²) in [5.41, 5.74) is 5.28. The van der Waals surface area contributed by atoms with Crippen LogP contribution in [0.5, 0.6) is 5.75 Å². The molecule has 0 bridgehead atoms. The van der Waals surface area contributed by atoms with Crippen molar-refractivity contribution in [2.24, 2.45) is 0 Å². The van der Waals surface area contributed by atoms with Gasteiger partial charge < -0.3 is 10.4 Å². The molecule has 1 aliphatic rings. The Labute approximate surface area is 140 Å². The molecule has 0 aromatic heterocycles. The molecule has 1 unspecified atom stereocenters. The highest BCUT2D eigenvalue weighted by atomic mass is 79.9. The molecule has 2 aromatic carbocycles. The topological polar surface area (TPSA) is 32.3 Å². The Morgan fingerprint density at radius 3 is 2.68 bits per heavy atom. The molecule has 0 radical (unpaired) electrons. The van der Waals surface area contributed by atoms with Crippen LogP contribution in [0.15, 0.2) is 40.9 Å². The number of halogens is 1. The van der Waals surface area contributed by atoms with Gasteiger partial charge in [0.05, 0.1) is 0 Å². The van der Waals surface area contributed by atoms with Crippen molar-refractivity contribution in [3.63, 3.8) is 0 Å². The van der Waals surface area contributed by atoms with Gasteiger partial charge in [-0.3, -0.25) is 0 Å². The fourth-order valence-corrected chi connectivity index (χ4v) is 3.51. The number of aromatic hydroxyl groups is 1. The van der Waals surface area contributed by atoms with Crippen molar-refractivity contribution in [1.29, 1.82) is 0 Å². The third-order valence-corrected chi connectivity index (χ3v) is 5.01. The van der Waals surface area contributed by atoms with Crippen molar-refractivity contribution in [2.45, 2.75) is 45.2 Å². The summed E-state index contributed by atoms with van der Waals surface area (Å²) in [4.78, 5) is 0. The third kappa shape index (κ3) is 3.53. The highest BCUT2D eigenvalue weighted by molar-refractivity contribution is 9.10. The first-order chi connectivity index (χ1) is 10.6. The van der Waals surface area contributed by atoms with Gasteiger partial charge in [-0.05, 0) is 67.5 Å².